The van der Waals surface area contributed by atoms with Crippen LogP contribution in [0.4, 0.5) is 0 Å². The van der Waals surface area contributed by atoms with Gasteiger partial charge >= 0.3 is 0 Å². The minimum atomic E-state index is -0.0318. The highest BCUT2D eigenvalue weighted by Crippen LogP contribution is 2.25. The SMILES string of the molecule is Cc1ccccc1C(C)(C)CNC(=O)CCC1CCNC1.Cl. The number of rotatable bonds is 6. The first-order valence-electron chi connectivity index (χ1n) is 8.02. The average molecular weight is 325 g/mol. The van der Waals surface area contributed by atoms with Crippen molar-refractivity contribution in [1.29, 1.82) is 0 Å². The smallest absolute Gasteiger partial charge is 0.220 e. The van der Waals surface area contributed by atoms with Crippen molar-refractivity contribution in [3.8, 4) is 0 Å². The highest BCUT2D eigenvalue weighted by molar-refractivity contribution is 5.85. The molecular formula is C18H29ClN2O. The number of aryl methyl sites for hydroxylation is 1. The van der Waals surface area contributed by atoms with Crippen molar-refractivity contribution in [3.05, 3.63) is 35.4 Å². The molecule has 1 aromatic rings. The largest absolute Gasteiger partial charge is 0.355 e. The molecule has 2 rings (SSSR count). The Balaban J connectivity index is 0.00000242. The summed E-state index contributed by atoms with van der Waals surface area (Å²) in [5.74, 6) is 0.865. The second-order valence-electron chi connectivity index (χ2n) is 6.87. The molecule has 0 aromatic heterocycles. The van der Waals surface area contributed by atoms with Gasteiger partial charge in [-0.15, -0.1) is 12.4 Å². The molecule has 124 valence electrons. The van der Waals surface area contributed by atoms with Crippen LogP contribution in [-0.4, -0.2) is 25.5 Å². The maximum atomic E-state index is 12.0. The Morgan fingerprint density at radius 1 is 1.36 bits per heavy atom. The van der Waals surface area contributed by atoms with Crippen molar-refractivity contribution in [2.75, 3.05) is 19.6 Å². The minimum Gasteiger partial charge on any atom is -0.355 e. The van der Waals surface area contributed by atoms with Crippen molar-refractivity contribution in [2.45, 2.75) is 45.4 Å². The normalized spacial score (nSPS) is 17.9. The summed E-state index contributed by atoms with van der Waals surface area (Å²) in [5, 5.41) is 6.46. The summed E-state index contributed by atoms with van der Waals surface area (Å²) in [5.41, 5.74) is 2.56. The first-order valence-corrected chi connectivity index (χ1v) is 8.02. The summed E-state index contributed by atoms with van der Waals surface area (Å²) in [7, 11) is 0. The van der Waals surface area contributed by atoms with Crippen LogP contribution in [0.2, 0.25) is 0 Å². The zero-order chi connectivity index (χ0) is 15.3. The summed E-state index contributed by atoms with van der Waals surface area (Å²) < 4.78 is 0. The topological polar surface area (TPSA) is 41.1 Å². The van der Waals surface area contributed by atoms with E-state index >= 15 is 0 Å². The van der Waals surface area contributed by atoms with Crippen molar-refractivity contribution >= 4 is 18.3 Å². The van der Waals surface area contributed by atoms with Crippen LogP contribution >= 0.6 is 12.4 Å². The van der Waals surface area contributed by atoms with Gasteiger partial charge in [0.25, 0.3) is 0 Å². The van der Waals surface area contributed by atoms with E-state index in [-0.39, 0.29) is 23.7 Å². The lowest BCUT2D eigenvalue weighted by Gasteiger charge is -2.27. The zero-order valence-corrected chi connectivity index (χ0v) is 14.8. The van der Waals surface area contributed by atoms with Gasteiger partial charge in [-0.1, -0.05) is 38.1 Å². The quantitative estimate of drug-likeness (QED) is 0.843. The third-order valence-electron chi connectivity index (χ3n) is 4.54. The van der Waals surface area contributed by atoms with Crippen LogP contribution in [0.5, 0.6) is 0 Å². The van der Waals surface area contributed by atoms with E-state index < -0.39 is 0 Å². The van der Waals surface area contributed by atoms with Gasteiger partial charge in [0.2, 0.25) is 5.91 Å². The summed E-state index contributed by atoms with van der Waals surface area (Å²) in [6.07, 6.45) is 2.86. The predicted molar refractivity (Wildman–Crippen MR) is 94.7 cm³/mol. The Labute approximate surface area is 140 Å². The van der Waals surface area contributed by atoms with E-state index in [4.69, 9.17) is 0 Å². The van der Waals surface area contributed by atoms with E-state index in [1.807, 2.05) is 0 Å². The Hall–Kier alpha value is -1.06. The van der Waals surface area contributed by atoms with Crippen LogP contribution in [0, 0.1) is 12.8 Å². The third kappa shape index (κ3) is 5.29. The second-order valence-corrected chi connectivity index (χ2v) is 6.87. The van der Waals surface area contributed by atoms with Crippen molar-refractivity contribution in [3.63, 3.8) is 0 Å². The molecule has 1 saturated heterocycles. The molecule has 1 aromatic carbocycles. The first kappa shape index (κ1) is 19.0. The van der Waals surface area contributed by atoms with E-state index in [1.165, 1.54) is 17.5 Å². The lowest BCUT2D eigenvalue weighted by molar-refractivity contribution is -0.121. The van der Waals surface area contributed by atoms with Crippen LogP contribution in [0.3, 0.4) is 0 Å². The molecule has 0 saturated carbocycles. The van der Waals surface area contributed by atoms with Crippen LogP contribution in [0.1, 0.15) is 44.2 Å². The highest BCUT2D eigenvalue weighted by Gasteiger charge is 2.23. The molecule has 1 unspecified atom stereocenters. The van der Waals surface area contributed by atoms with Crippen LogP contribution in [-0.2, 0) is 10.2 Å². The molecule has 1 aliphatic heterocycles. The van der Waals surface area contributed by atoms with Gasteiger partial charge in [-0.3, -0.25) is 4.79 Å². The average Bonchev–Trinajstić information content (AvgIpc) is 2.96. The molecule has 3 nitrogen and oxygen atoms in total. The fourth-order valence-electron chi connectivity index (χ4n) is 3.13. The number of hydrogen-bond donors (Lipinski definition) is 2. The van der Waals surface area contributed by atoms with Gasteiger partial charge in [-0.05, 0) is 49.9 Å². The van der Waals surface area contributed by atoms with Crippen molar-refractivity contribution < 1.29 is 4.79 Å². The highest BCUT2D eigenvalue weighted by atomic mass is 35.5. The van der Waals surface area contributed by atoms with Crippen LogP contribution in [0.25, 0.3) is 0 Å². The molecule has 0 bridgehead atoms. The summed E-state index contributed by atoms with van der Waals surface area (Å²) in [4.78, 5) is 12.0. The lowest BCUT2D eigenvalue weighted by Crippen LogP contribution is -2.37. The summed E-state index contributed by atoms with van der Waals surface area (Å²) in [6.45, 7) is 9.38. The maximum absolute atomic E-state index is 12.0. The molecule has 2 N–H and O–H groups in total. The Morgan fingerprint density at radius 2 is 2.09 bits per heavy atom. The van der Waals surface area contributed by atoms with E-state index in [0.29, 0.717) is 18.9 Å². The molecular weight excluding hydrogens is 296 g/mol. The van der Waals surface area contributed by atoms with E-state index in [2.05, 4.69) is 55.7 Å². The Morgan fingerprint density at radius 3 is 2.73 bits per heavy atom. The van der Waals surface area contributed by atoms with Gasteiger partial charge in [-0.25, -0.2) is 0 Å². The van der Waals surface area contributed by atoms with Gasteiger partial charge in [0, 0.05) is 18.4 Å². The van der Waals surface area contributed by atoms with Gasteiger partial charge in [-0.2, -0.15) is 0 Å². The number of benzene rings is 1. The number of hydrogen-bond acceptors (Lipinski definition) is 2. The molecule has 1 amide bonds. The monoisotopic (exact) mass is 324 g/mol. The Kier molecular flexibility index (Phi) is 7.37. The van der Waals surface area contributed by atoms with Gasteiger partial charge in [0.15, 0.2) is 0 Å². The van der Waals surface area contributed by atoms with E-state index in [0.717, 1.165) is 19.5 Å². The number of halogens is 1. The summed E-state index contributed by atoms with van der Waals surface area (Å²) >= 11 is 0. The fourth-order valence-corrected chi connectivity index (χ4v) is 3.13. The standard InChI is InChI=1S/C18H28N2O.ClH/c1-14-6-4-5-7-16(14)18(2,3)13-20-17(21)9-8-15-10-11-19-12-15;/h4-7,15,19H,8-13H2,1-3H3,(H,20,21);1H. The molecule has 1 heterocycles. The minimum absolute atomic E-state index is 0. The van der Waals surface area contributed by atoms with Crippen molar-refractivity contribution in [1.82, 2.24) is 10.6 Å². The van der Waals surface area contributed by atoms with Gasteiger partial charge in [0.05, 0.1) is 0 Å². The van der Waals surface area contributed by atoms with Crippen LogP contribution in [0.15, 0.2) is 24.3 Å². The number of amides is 1. The van der Waals surface area contributed by atoms with E-state index in [1.54, 1.807) is 0 Å². The fraction of sp³-hybridized carbons (Fsp3) is 0.611. The third-order valence-corrected chi connectivity index (χ3v) is 4.54. The molecule has 1 atom stereocenters. The second kappa shape index (κ2) is 8.54. The van der Waals surface area contributed by atoms with Gasteiger partial charge < -0.3 is 10.6 Å². The zero-order valence-electron chi connectivity index (χ0n) is 13.9. The molecule has 22 heavy (non-hydrogen) atoms. The lowest BCUT2D eigenvalue weighted by atomic mass is 9.82. The molecule has 0 radical (unpaired) electrons. The molecule has 1 aliphatic rings. The van der Waals surface area contributed by atoms with E-state index in [9.17, 15) is 4.79 Å². The van der Waals surface area contributed by atoms with Crippen molar-refractivity contribution in [2.24, 2.45) is 5.92 Å². The number of carbonyl (C=O) groups excluding carboxylic acids is 1. The molecule has 4 heteroatoms. The number of nitrogens with one attached hydrogen (secondary N) is 2. The van der Waals surface area contributed by atoms with Gasteiger partial charge in [0.1, 0.15) is 0 Å². The number of carbonyl (C=O) groups is 1. The van der Waals surface area contributed by atoms with Crippen LogP contribution < -0.4 is 10.6 Å². The predicted octanol–water partition coefficient (Wildman–Crippen LogP) is 3.20. The Bertz CT molecular complexity index is 482. The molecule has 0 aliphatic carbocycles. The maximum Gasteiger partial charge on any atom is 0.220 e. The molecule has 0 spiro atoms. The summed E-state index contributed by atoms with van der Waals surface area (Å²) in [6, 6.07) is 8.42. The molecule has 1 fully saturated rings. The first-order chi connectivity index (χ1) is 9.99.